The zero-order valence-corrected chi connectivity index (χ0v) is 25.1. The van der Waals surface area contributed by atoms with E-state index in [4.69, 9.17) is 5.26 Å². The summed E-state index contributed by atoms with van der Waals surface area (Å²) in [5, 5.41) is 23.7. The van der Waals surface area contributed by atoms with E-state index in [1.54, 1.807) is 23.0 Å². The fourth-order valence-electron chi connectivity index (χ4n) is 5.65. The van der Waals surface area contributed by atoms with Gasteiger partial charge in [0, 0.05) is 37.7 Å². The fourth-order valence-corrected chi connectivity index (χ4v) is 5.65. The lowest BCUT2D eigenvalue weighted by Crippen LogP contribution is -2.24. The van der Waals surface area contributed by atoms with E-state index in [1.807, 2.05) is 38.2 Å². The minimum absolute atomic E-state index is 0.0408. The first-order valence-electron chi connectivity index (χ1n) is 15.0. The van der Waals surface area contributed by atoms with Crippen LogP contribution in [0, 0.1) is 24.2 Å². The summed E-state index contributed by atoms with van der Waals surface area (Å²) < 4.78 is 44.8. The van der Waals surface area contributed by atoms with Crippen LogP contribution < -0.4 is 15.5 Å². The number of nitriles is 1. The molecule has 1 saturated carbocycles. The minimum atomic E-state index is -4.62. The van der Waals surface area contributed by atoms with Crippen molar-refractivity contribution in [3.8, 4) is 28.6 Å². The van der Waals surface area contributed by atoms with Gasteiger partial charge in [0.05, 0.1) is 18.2 Å². The molecule has 6 rings (SSSR count). The second-order valence-corrected chi connectivity index (χ2v) is 11.7. The van der Waals surface area contributed by atoms with Gasteiger partial charge in [-0.3, -0.25) is 9.69 Å². The van der Waals surface area contributed by atoms with Crippen LogP contribution in [0.25, 0.3) is 22.5 Å². The van der Waals surface area contributed by atoms with Gasteiger partial charge in [0.25, 0.3) is 5.91 Å². The van der Waals surface area contributed by atoms with E-state index >= 15 is 0 Å². The van der Waals surface area contributed by atoms with Crippen molar-refractivity contribution in [3.63, 3.8) is 0 Å². The van der Waals surface area contributed by atoms with E-state index < -0.39 is 17.6 Å². The zero-order valence-electron chi connectivity index (χ0n) is 25.1. The Morgan fingerprint density at radius 3 is 2.62 bits per heavy atom. The SMILES string of the molecule is Cc1ccc(-c2nncn2C)c(-c2cc(NCCCC#N)nc(N3Cc4c(cc(CNCC5CC5)cc4C(F)(F)F)C3=O)c2)c1. The third-order valence-corrected chi connectivity index (χ3v) is 8.16. The van der Waals surface area contributed by atoms with Crippen molar-refractivity contribution in [3.05, 3.63) is 76.6 Å². The molecule has 3 heterocycles. The highest BCUT2D eigenvalue weighted by Crippen LogP contribution is 2.41. The number of hydrogen-bond donors (Lipinski definition) is 2. The van der Waals surface area contributed by atoms with Crippen LogP contribution in [0.4, 0.5) is 24.8 Å². The number of halogens is 3. The molecule has 4 aromatic rings. The van der Waals surface area contributed by atoms with E-state index in [0.717, 1.165) is 42.1 Å². The molecule has 1 aliphatic heterocycles. The minimum Gasteiger partial charge on any atom is -0.370 e. The van der Waals surface area contributed by atoms with Crippen LogP contribution >= 0.6 is 0 Å². The molecule has 0 atom stereocenters. The predicted octanol–water partition coefficient (Wildman–Crippen LogP) is 6.25. The Morgan fingerprint density at radius 2 is 1.91 bits per heavy atom. The van der Waals surface area contributed by atoms with Crippen LogP contribution in [-0.4, -0.2) is 38.7 Å². The van der Waals surface area contributed by atoms with Gasteiger partial charge in [-0.2, -0.15) is 18.4 Å². The second-order valence-electron chi connectivity index (χ2n) is 11.7. The molecule has 2 aliphatic rings. The fraction of sp³-hybridized carbons (Fsp3) is 0.364. The van der Waals surface area contributed by atoms with E-state index in [1.165, 1.54) is 4.90 Å². The average molecular weight is 615 g/mol. The van der Waals surface area contributed by atoms with Gasteiger partial charge >= 0.3 is 6.18 Å². The highest BCUT2D eigenvalue weighted by Gasteiger charge is 2.41. The number of aromatic nitrogens is 4. The van der Waals surface area contributed by atoms with Gasteiger partial charge < -0.3 is 15.2 Å². The number of nitrogens with zero attached hydrogens (tertiary/aromatic N) is 6. The van der Waals surface area contributed by atoms with Crippen molar-refractivity contribution < 1.29 is 18.0 Å². The lowest BCUT2D eigenvalue weighted by molar-refractivity contribution is -0.138. The molecule has 12 heteroatoms. The molecule has 2 N–H and O–H groups in total. The summed E-state index contributed by atoms with van der Waals surface area (Å²) in [6.07, 6.45) is 0.165. The summed E-state index contributed by atoms with van der Waals surface area (Å²) >= 11 is 0. The summed E-state index contributed by atoms with van der Waals surface area (Å²) in [4.78, 5) is 19.8. The number of nitrogens with one attached hydrogen (secondary N) is 2. The Bertz CT molecular complexity index is 1790. The maximum Gasteiger partial charge on any atom is 0.416 e. The molecule has 0 saturated heterocycles. The molecule has 0 unspecified atom stereocenters. The number of carbonyl (C=O) groups excluding carboxylic acids is 1. The molecule has 232 valence electrons. The molecule has 1 aliphatic carbocycles. The normalized spacial score (nSPS) is 14.5. The highest BCUT2D eigenvalue weighted by atomic mass is 19.4. The molecule has 0 bridgehead atoms. The molecular weight excluding hydrogens is 581 g/mol. The Morgan fingerprint density at radius 1 is 1.09 bits per heavy atom. The van der Waals surface area contributed by atoms with E-state index in [9.17, 15) is 18.0 Å². The summed E-state index contributed by atoms with van der Waals surface area (Å²) in [5.74, 6) is 1.34. The highest BCUT2D eigenvalue weighted by molar-refractivity contribution is 6.10. The number of pyridine rings is 1. The standard InChI is InChI=1S/C33H33F3N8O/c1-20-5-8-24(31-42-40-19-43(31)2)25(11-20)23-14-29(39-10-4-3-9-37)41-30(15-23)44-18-27-26(32(44)45)12-22(13-28(27)33(34,35)36)17-38-16-21-6-7-21/h5,8,11-15,19,21,38H,3-4,6-7,10,16-18H2,1-2H3,(H,39,41). The van der Waals surface area contributed by atoms with Crippen LogP contribution in [0.2, 0.25) is 0 Å². The van der Waals surface area contributed by atoms with Gasteiger partial charge in [-0.05, 0) is 85.2 Å². The molecule has 1 amide bonds. The zero-order chi connectivity index (χ0) is 31.7. The van der Waals surface area contributed by atoms with Crippen LogP contribution in [0.1, 0.15) is 58.3 Å². The van der Waals surface area contributed by atoms with Gasteiger partial charge in [-0.1, -0.05) is 23.8 Å². The number of amides is 1. The van der Waals surface area contributed by atoms with Crippen molar-refractivity contribution in [1.29, 1.82) is 5.26 Å². The van der Waals surface area contributed by atoms with Crippen LogP contribution in [0.3, 0.4) is 0 Å². The molecule has 9 nitrogen and oxygen atoms in total. The van der Waals surface area contributed by atoms with Crippen molar-refractivity contribution in [1.82, 2.24) is 25.1 Å². The topological polar surface area (TPSA) is 112 Å². The van der Waals surface area contributed by atoms with E-state index in [0.29, 0.717) is 48.1 Å². The monoisotopic (exact) mass is 614 g/mol. The van der Waals surface area contributed by atoms with Crippen LogP contribution in [0.5, 0.6) is 0 Å². The van der Waals surface area contributed by atoms with E-state index in [-0.39, 0.29) is 30.0 Å². The van der Waals surface area contributed by atoms with Crippen LogP contribution in [-0.2, 0) is 26.3 Å². The van der Waals surface area contributed by atoms with Crippen molar-refractivity contribution >= 4 is 17.5 Å². The van der Waals surface area contributed by atoms with Gasteiger partial charge in [-0.15, -0.1) is 10.2 Å². The number of rotatable bonds is 11. The smallest absolute Gasteiger partial charge is 0.370 e. The third-order valence-electron chi connectivity index (χ3n) is 8.16. The molecule has 0 spiro atoms. The molecular formula is C33H33F3N8O. The van der Waals surface area contributed by atoms with Gasteiger partial charge in [0.1, 0.15) is 18.0 Å². The lowest BCUT2D eigenvalue weighted by atomic mass is 9.97. The molecule has 1 fully saturated rings. The number of carbonyl (C=O) groups is 1. The Hall–Kier alpha value is -4.76. The number of unbranched alkanes of at least 4 members (excludes halogenated alkanes) is 1. The second kappa shape index (κ2) is 12.3. The van der Waals surface area contributed by atoms with Crippen molar-refractivity contribution in [2.75, 3.05) is 23.3 Å². The number of alkyl halides is 3. The third kappa shape index (κ3) is 6.54. The molecule has 2 aromatic carbocycles. The lowest BCUT2D eigenvalue weighted by Gasteiger charge is -2.19. The molecule has 0 radical (unpaired) electrons. The van der Waals surface area contributed by atoms with Crippen molar-refractivity contribution in [2.24, 2.45) is 13.0 Å². The summed E-state index contributed by atoms with van der Waals surface area (Å²) in [6.45, 7) is 3.16. The average Bonchev–Trinajstić information content (AvgIpc) is 3.64. The predicted molar refractivity (Wildman–Crippen MR) is 164 cm³/mol. The van der Waals surface area contributed by atoms with Crippen LogP contribution in [0.15, 0.2) is 48.8 Å². The molecule has 2 aromatic heterocycles. The van der Waals surface area contributed by atoms with Gasteiger partial charge in [0.15, 0.2) is 5.82 Å². The number of anilines is 2. The number of hydrogen-bond acceptors (Lipinski definition) is 7. The van der Waals surface area contributed by atoms with Crippen molar-refractivity contribution in [2.45, 2.75) is 51.9 Å². The number of aryl methyl sites for hydroxylation is 2. The quantitative estimate of drug-likeness (QED) is 0.192. The maximum absolute atomic E-state index is 14.3. The Kier molecular flexibility index (Phi) is 8.29. The number of fused-ring (bicyclic) bond motifs is 1. The van der Waals surface area contributed by atoms with Gasteiger partial charge in [-0.25, -0.2) is 4.98 Å². The van der Waals surface area contributed by atoms with E-state index in [2.05, 4.69) is 31.9 Å². The Labute approximate surface area is 259 Å². The largest absolute Gasteiger partial charge is 0.416 e. The first kappa shape index (κ1) is 30.3. The first-order valence-corrected chi connectivity index (χ1v) is 15.0. The first-order chi connectivity index (χ1) is 21.6. The number of benzene rings is 2. The molecule has 45 heavy (non-hydrogen) atoms. The summed E-state index contributed by atoms with van der Waals surface area (Å²) in [5.41, 5.74) is 2.91. The van der Waals surface area contributed by atoms with Gasteiger partial charge in [0.2, 0.25) is 0 Å². The maximum atomic E-state index is 14.3. The summed E-state index contributed by atoms with van der Waals surface area (Å²) in [6, 6.07) is 14.3. The Balaban J connectivity index is 1.41. The summed E-state index contributed by atoms with van der Waals surface area (Å²) in [7, 11) is 1.84.